The number of alkyl halides is 2. The number of amides is 1. The van der Waals surface area contributed by atoms with E-state index in [-0.39, 0.29) is 17.2 Å². The van der Waals surface area contributed by atoms with Crippen LogP contribution in [-0.4, -0.2) is 65.4 Å². The van der Waals surface area contributed by atoms with Gasteiger partial charge in [-0.1, -0.05) is 0 Å². The second kappa shape index (κ2) is 11.3. The molecule has 11 heteroatoms. The molecule has 2 aromatic carbocycles. The summed E-state index contributed by atoms with van der Waals surface area (Å²) < 4.78 is 53.6. The van der Waals surface area contributed by atoms with Crippen LogP contribution in [0.1, 0.15) is 5.56 Å². The van der Waals surface area contributed by atoms with Gasteiger partial charge >= 0.3 is 12.0 Å². The number of benzene rings is 2. The topological polar surface area (TPSA) is 95.6 Å². The van der Waals surface area contributed by atoms with Gasteiger partial charge in [0.25, 0.3) is 0 Å². The second-order valence-electron chi connectivity index (χ2n) is 6.96. The summed E-state index contributed by atoms with van der Waals surface area (Å²) in [5.41, 5.74) is 0.677. The van der Waals surface area contributed by atoms with Crippen molar-refractivity contribution >= 4 is 23.6 Å². The van der Waals surface area contributed by atoms with E-state index in [9.17, 15) is 18.4 Å². The maximum Gasteiger partial charge on any atom is 0.402 e. The molecule has 0 aromatic heterocycles. The molecule has 0 saturated carbocycles. The van der Waals surface area contributed by atoms with Gasteiger partial charge in [-0.3, -0.25) is 4.79 Å². The van der Waals surface area contributed by atoms with Crippen molar-refractivity contribution in [1.82, 2.24) is 4.90 Å². The molecular formula is C23H26F2N2O7. The second-order valence-corrected chi connectivity index (χ2v) is 6.96. The fourth-order valence-electron chi connectivity index (χ4n) is 2.72. The van der Waals surface area contributed by atoms with E-state index in [0.29, 0.717) is 27.7 Å². The number of methoxy groups -OCH3 is 4. The Hall–Kier alpha value is -3.86. The van der Waals surface area contributed by atoms with Crippen LogP contribution in [0, 0.1) is 0 Å². The molecule has 9 nitrogen and oxygen atoms in total. The molecule has 0 atom stereocenters. The van der Waals surface area contributed by atoms with Crippen LogP contribution in [0.15, 0.2) is 36.4 Å². The third kappa shape index (κ3) is 6.13. The number of halogens is 2. The summed E-state index contributed by atoms with van der Waals surface area (Å²) in [7, 11) is 7.78. The zero-order valence-electron chi connectivity index (χ0n) is 19.6. The number of rotatable bonds is 10. The number of nitrogens with zero attached hydrogens (tertiary/aromatic N) is 1. The zero-order valence-corrected chi connectivity index (χ0v) is 19.6. The van der Waals surface area contributed by atoms with Crippen LogP contribution < -0.4 is 29.0 Å². The van der Waals surface area contributed by atoms with Gasteiger partial charge in [-0.15, -0.1) is 0 Å². The first-order chi connectivity index (χ1) is 16.1. The van der Waals surface area contributed by atoms with Crippen LogP contribution in [0.2, 0.25) is 0 Å². The Morgan fingerprint density at radius 1 is 0.882 bits per heavy atom. The molecule has 0 fully saturated rings. The highest BCUT2D eigenvalue weighted by Gasteiger charge is 2.44. The van der Waals surface area contributed by atoms with Crippen LogP contribution in [0.5, 0.6) is 28.7 Å². The number of ether oxygens (including phenoxy) is 5. The Bertz CT molecular complexity index is 1050. The lowest BCUT2D eigenvalue weighted by Crippen LogP contribution is -2.45. The standard InChI is InChI=1S/C23H26F2N2O7/c1-27(2)23(24,25)22(29)34-20-11-14(7-9-17(20)31-4)26-21(28)10-8-16-18(32-5)12-15(30-3)13-19(16)33-6/h7-13H,1-6H3,(H,26,28). The highest BCUT2D eigenvalue weighted by Crippen LogP contribution is 2.35. The van der Waals surface area contributed by atoms with E-state index < -0.39 is 17.9 Å². The van der Waals surface area contributed by atoms with E-state index in [1.807, 2.05) is 0 Å². The van der Waals surface area contributed by atoms with E-state index in [1.165, 1.54) is 58.8 Å². The molecule has 2 aromatic rings. The van der Waals surface area contributed by atoms with Crippen molar-refractivity contribution in [2.45, 2.75) is 6.05 Å². The first-order valence-electron chi connectivity index (χ1n) is 9.82. The molecule has 34 heavy (non-hydrogen) atoms. The number of nitrogens with one attached hydrogen (secondary N) is 1. The number of carbonyl (C=O) groups excluding carboxylic acids is 2. The molecule has 0 radical (unpaired) electrons. The summed E-state index contributed by atoms with van der Waals surface area (Å²) in [4.78, 5) is 24.8. The van der Waals surface area contributed by atoms with Crippen molar-refractivity contribution in [2.75, 3.05) is 47.9 Å². The fraction of sp³-hybridized carbons (Fsp3) is 0.304. The SMILES string of the molecule is COc1cc(OC)c(C=CC(=O)Nc2ccc(OC)c(OC(=O)C(F)(F)N(C)C)c2)c(OC)c1. The third-order valence-corrected chi connectivity index (χ3v) is 4.60. The molecule has 0 aliphatic heterocycles. The number of anilines is 1. The third-order valence-electron chi connectivity index (χ3n) is 4.60. The molecule has 1 N–H and O–H groups in total. The fourth-order valence-corrected chi connectivity index (χ4v) is 2.72. The van der Waals surface area contributed by atoms with Crippen LogP contribution in [-0.2, 0) is 9.59 Å². The average molecular weight is 480 g/mol. The molecule has 0 aliphatic rings. The Morgan fingerprint density at radius 2 is 1.47 bits per heavy atom. The highest BCUT2D eigenvalue weighted by molar-refractivity contribution is 6.02. The predicted octanol–water partition coefficient (Wildman–Crippen LogP) is 3.43. The van der Waals surface area contributed by atoms with Gasteiger partial charge in [0, 0.05) is 30.0 Å². The van der Waals surface area contributed by atoms with Crippen LogP contribution in [0.3, 0.4) is 0 Å². The van der Waals surface area contributed by atoms with E-state index in [0.717, 1.165) is 14.1 Å². The highest BCUT2D eigenvalue weighted by atomic mass is 19.3. The summed E-state index contributed by atoms with van der Waals surface area (Å²) in [5, 5.41) is 2.56. The van der Waals surface area contributed by atoms with Crippen molar-refractivity contribution in [1.29, 1.82) is 0 Å². The largest absolute Gasteiger partial charge is 0.496 e. The minimum Gasteiger partial charge on any atom is -0.496 e. The molecule has 0 heterocycles. The normalized spacial score (nSPS) is 11.3. The number of carbonyl (C=O) groups is 2. The first kappa shape index (κ1) is 26.4. The number of esters is 1. The predicted molar refractivity (Wildman–Crippen MR) is 121 cm³/mol. The van der Waals surface area contributed by atoms with Gasteiger partial charge in [0.05, 0.1) is 34.0 Å². The summed E-state index contributed by atoms with van der Waals surface area (Å²) in [5.74, 6) is -1.26. The molecule has 184 valence electrons. The van der Waals surface area contributed by atoms with E-state index in [4.69, 9.17) is 23.7 Å². The van der Waals surface area contributed by atoms with E-state index >= 15 is 0 Å². The van der Waals surface area contributed by atoms with Gasteiger partial charge in [0.1, 0.15) is 17.2 Å². The monoisotopic (exact) mass is 480 g/mol. The van der Waals surface area contributed by atoms with Crippen molar-refractivity contribution in [3.63, 3.8) is 0 Å². The average Bonchev–Trinajstić information content (AvgIpc) is 2.82. The minimum atomic E-state index is -3.86. The number of hydrogen-bond acceptors (Lipinski definition) is 8. The van der Waals surface area contributed by atoms with Gasteiger partial charge in [-0.25, -0.2) is 9.69 Å². The maximum absolute atomic E-state index is 13.9. The van der Waals surface area contributed by atoms with Crippen LogP contribution >= 0.6 is 0 Å². The first-order valence-corrected chi connectivity index (χ1v) is 9.82. The quantitative estimate of drug-likeness (QED) is 0.239. The van der Waals surface area contributed by atoms with E-state index in [1.54, 1.807) is 12.1 Å². The smallest absolute Gasteiger partial charge is 0.402 e. The molecule has 0 spiro atoms. The zero-order chi connectivity index (χ0) is 25.5. The summed E-state index contributed by atoms with van der Waals surface area (Å²) in [6, 6.07) is 3.43. The molecule has 0 saturated heterocycles. The summed E-state index contributed by atoms with van der Waals surface area (Å²) >= 11 is 0. The van der Waals surface area contributed by atoms with Crippen LogP contribution in [0.4, 0.5) is 14.5 Å². The molecule has 0 bridgehead atoms. The molecule has 2 rings (SSSR count). The lowest BCUT2D eigenvalue weighted by atomic mass is 10.1. The Balaban J connectivity index is 2.25. The molecular weight excluding hydrogens is 454 g/mol. The molecule has 1 amide bonds. The Labute approximate surface area is 195 Å². The van der Waals surface area contributed by atoms with Crippen molar-refractivity contribution in [2.24, 2.45) is 0 Å². The van der Waals surface area contributed by atoms with E-state index in [2.05, 4.69) is 5.32 Å². The minimum absolute atomic E-state index is 0.0316. The number of hydrogen-bond donors (Lipinski definition) is 1. The summed E-state index contributed by atoms with van der Waals surface area (Å²) in [6.45, 7) is 0. The lowest BCUT2D eigenvalue weighted by molar-refractivity contribution is -0.186. The summed E-state index contributed by atoms with van der Waals surface area (Å²) in [6.07, 6.45) is 2.71. The van der Waals surface area contributed by atoms with Gasteiger partial charge in [0.15, 0.2) is 11.5 Å². The number of likely N-dealkylation sites (N-methyl/N-ethyl adjacent to an activating group) is 1. The van der Waals surface area contributed by atoms with Crippen molar-refractivity contribution in [3.8, 4) is 28.7 Å². The van der Waals surface area contributed by atoms with Crippen LogP contribution in [0.25, 0.3) is 6.08 Å². The van der Waals surface area contributed by atoms with Crippen molar-refractivity contribution < 1.29 is 42.1 Å². The van der Waals surface area contributed by atoms with Crippen molar-refractivity contribution in [3.05, 3.63) is 42.0 Å². The lowest BCUT2D eigenvalue weighted by Gasteiger charge is -2.21. The van der Waals surface area contributed by atoms with Gasteiger partial charge in [-0.2, -0.15) is 8.78 Å². The Morgan fingerprint density at radius 3 is 1.97 bits per heavy atom. The Kier molecular flexibility index (Phi) is 8.79. The molecule has 0 aliphatic carbocycles. The molecule has 0 unspecified atom stereocenters. The maximum atomic E-state index is 13.9. The van der Waals surface area contributed by atoms with Gasteiger partial charge in [0.2, 0.25) is 5.91 Å². The van der Waals surface area contributed by atoms with Gasteiger partial charge < -0.3 is 29.0 Å². The van der Waals surface area contributed by atoms with Gasteiger partial charge in [-0.05, 0) is 32.3 Å².